The maximum absolute atomic E-state index is 6.70. The topological polar surface area (TPSA) is 29.5 Å². The maximum Gasteiger partial charge on any atom is 0.138 e. The van der Waals surface area contributed by atoms with Gasteiger partial charge in [-0.2, -0.15) is 0 Å². The molecule has 8 aromatic carbocycles. The van der Waals surface area contributed by atoms with E-state index in [0.717, 1.165) is 72.1 Å². The van der Waals surface area contributed by atoms with Crippen LogP contribution in [-0.4, -0.2) is 0 Å². The SMILES string of the molecule is c1ccc(-c2cc(N(c3cccc4oc5ccccc5c34)c3ccc(-c4ccccc4)c4sc5ccccc5c34)c3c(c2)oc2ccccc23)cc1. The number of thiophene rings is 1. The van der Waals surface area contributed by atoms with Crippen LogP contribution < -0.4 is 4.90 Å². The third kappa shape index (κ3) is 4.38. The quantitative estimate of drug-likeness (QED) is 0.181. The largest absolute Gasteiger partial charge is 0.456 e. The first-order valence-corrected chi connectivity index (χ1v) is 18.3. The van der Waals surface area contributed by atoms with Crippen LogP contribution in [0.1, 0.15) is 0 Å². The Bertz CT molecular complexity index is 3130. The van der Waals surface area contributed by atoms with Gasteiger partial charge in [0.2, 0.25) is 0 Å². The summed E-state index contributed by atoms with van der Waals surface area (Å²) in [5, 5.41) is 6.75. The van der Waals surface area contributed by atoms with Crippen LogP contribution in [0.2, 0.25) is 0 Å². The Balaban J connectivity index is 1.34. The number of para-hydroxylation sites is 2. The lowest BCUT2D eigenvalue weighted by atomic mass is 9.97. The number of rotatable bonds is 5. The second-order valence-electron chi connectivity index (χ2n) is 13.2. The van der Waals surface area contributed by atoms with E-state index in [9.17, 15) is 0 Å². The molecule has 0 unspecified atom stereocenters. The van der Waals surface area contributed by atoms with Crippen LogP contribution in [0.4, 0.5) is 17.1 Å². The summed E-state index contributed by atoms with van der Waals surface area (Å²) in [5.74, 6) is 0. The minimum atomic E-state index is 0.846. The fraction of sp³-hybridized carbons (Fsp3) is 0. The third-order valence-corrected chi connectivity index (χ3v) is 11.5. The molecule has 0 atom stereocenters. The molecule has 0 fully saturated rings. The number of furan rings is 2. The monoisotopic (exact) mass is 683 g/mol. The van der Waals surface area contributed by atoms with Gasteiger partial charge in [-0.1, -0.05) is 127 Å². The molecule has 11 aromatic rings. The summed E-state index contributed by atoms with van der Waals surface area (Å²) in [6.07, 6.45) is 0. The molecule has 0 spiro atoms. The zero-order chi connectivity index (χ0) is 34.2. The first-order valence-electron chi connectivity index (χ1n) is 17.5. The number of hydrogen-bond acceptors (Lipinski definition) is 4. The average molecular weight is 684 g/mol. The predicted molar refractivity (Wildman–Crippen MR) is 219 cm³/mol. The Hall–Kier alpha value is -6.62. The average Bonchev–Trinajstić information content (AvgIpc) is 3.90. The summed E-state index contributed by atoms with van der Waals surface area (Å²) in [4.78, 5) is 2.47. The van der Waals surface area contributed by atoms with Crippen molar-refractivity contribution < 1.29 is 8.83 Å². The normalized spacial score (nSPS) is 11.8. The van der Waals surface area contributed by atoms with E-state index in [4.69, 9.17) is 8.83 Å². The molecule has 3 heterocycles. The van der Waals surface area contributed by atoms with Gasteiger partial charge >= 0.3 is 0 Å². The minimum absolute atomic E-state index is 0.846. The highest BCUT2D eigenvalue weighted by Gasteiger charge is 2.27. The van der Waals surface area contributed by atoms with Crippen LogP contribution in [-0.2, 0) is 0 Å². The molecule has 0 aliphatic rings. The number of benzene rings is 8. The highest BCUT2D eigenvalue weighted by Crippen LogP contribution is 2.53. The highest BCUT2D eigenvalue weighted by atomic mass is 32.1. The van der Waals surface area contributed by atoms with E-state index in [1.165, 1.54) is 31.3 Å². The lowest BCUT2D eigenvalue weighted by molar-refractivity contribution is 0.669. The van der Waals surface area contributed by atoms with Crippen molar-refractivity contribution in [2.75, 3.05) is 4.90 Å². The number of fused-ring (bicyclic) bond motifs is 9. The molecular weight excluding hydrogens is 655 g/mol. The molecule has 0 bridgehead atoms. The van der Waals surface area contributed by atoms with E-state index in [2.05, 4.69) is 169 Å². The van der Waals surface area contributed by atoms with Crippen LogP contribution in [0, 0.1) is 0 Å². The number of hydrogen-bond donors (Lipinski definition) is 0. The third-order valence-electron chi connectivity index (χ3n) is 10.3. The molecule has 52 heavy (non-hydrogen) atoms. The van der Waals surface area contributed by atoms with Crippen molar-refractivity contribution in [2.24, 2.45) is 0 Å². The van der Waals surface area contributed by atoms with Gasteiger partial charge in [0, 0.05) is 30.9 Å². The second-order valence-corrected chi connectivity index (χ2v) is 14.3. The first kappa shape index (κ1) is 29.1. The zero-order valence-corrected chi connectivity index (χ0v) is 28.7. The Labute approximate surface area is 303 Å². The van der Waals surface area contributed by atoms with E-state index >= 15 is 0 Å². The molecular formula is C48H29NO2S. The van der Waals surface area contributed by atoms with Gasteiger partial charge in [-0.05, 0) is 70.8 Å². The Morgan fingerprint density at radius 2 is 0.942 bits per heavy atom. The van der Waals surface area contributed by atoms with Crippen LogP contribution in [0.5, 0.6) is 0 Å². The molecule has 0 saturated carbocycles. The highest BCUT2D eigenvalue weighted by molar-refractivity contribution is 7.26. The van der Waals surface area contributed by atoms with E-state index in [0.29, 0.717) is 0 Å². The summed E-state index contributed by atoms with van der Waals surface area (Å²) < 4.78 is 15.7. The molecule has 0 saturated heterocycles. The smallest absolute Gasteiger partial charge is 0.138 e. The van der Waals surface area contributed by atoms with Crippen LogP contribution in [0.3, 0.4) is 0 Å². The fourth-order valence-electron chi connectivity index (χ4n) is 7.98. The lowest BCUT2D eigenvalue weighted by Gasteiger charge is -2.29. The van der Waals surface area contributed by atoms with Gasteiger partial charge in [0.1, 0.15) is 22.3 Å². The van der Waals surface area contributed by atoms with E-state index in [1.54, 1.807) is 0 Å². The van der Waals surface area contributed by atoms with Gasteiger partial charge in [-0.25, -0.2) is 0 Å². The first-order chi connectivity index (χ1) is 25.8. The summed E-state index contributed by atoms with van der Waals surface area (Å²) >= 11 is 1.86. The Morgan fingerprint density at radius 3 is 1.69 bits per heavy atom. The van der Waals surface area contributed by atoms with Gasteiger partial charge in [-0.3, -0.25) is 0 Å². The summed E-state index contributed by atoms with van der Waals surface area (Å²) in [6, 6.07) is 62.4. The van der Waals surface area contributed by atoms with Gasteiger partial charge in [0.05, 0.1) is 27.8 Å². The predicted octanol–water partition coefficient (Wildman–Crippen LogP) is 14.7. The van der Waals surface area contributed by atoms with Gasteiger partial charge < -0.3 is 13.7 Å². The van der Waals surface area contributed by atoms with Crippen LogP contribution in [0.25, 0.3) is 86.3 Å². The Kier molecular flexibility index (Phi) is 6.42. The molecule has 0 radical (unpaired) electrons. The van der Waals surface area contributed by atoms with Crippen molar-refractivity contribution in [3.63, 3.8) is 0 Å². The van der Waals surface area contributed by atoms with Crippen molar-refractivity contribution in [1.29, 1.82) is 0 Å². The maximum atomic E-state index is 6.70. The van der Waals surface area contributed by atoms with Crippen molar-refractivity contribution in [3.8, 4) is 22.3 Å². The summed E-state index contributed by atoms with van der Waals surface area (Å²) in [5.41, 5.74) is 11.3. The van der Waals surface area contributed by atoms with Crippen LogP contribution >= 0.6 is 11.3 Å². The molecule has 244 valence electrons. The molecule has 0 aliphatic heterocycles. The minimum Gasteiger partial charge on any atom is -0.456 e. The molecule has 11 rings (SSSR count). The summed E-state index contributed by atoms with van der Waals surface area (Å²) in [6.45, 7) is 0. The molecule has 3 nitrogen and oxygen atoms in total. The fourth-order valence-corrected chi connectivity index (χ4v) is 9.24. The number of anilines is 3. The van der Waals surface area contributed by atoms with Crippen LogP contribution in [0.15, 0.2) is 185 Å². The standard InChI is InChI=1S/C48H29NO2S/c1-3-14-30(15-4-1)32-28-39(46-35-19-8-11-23-41(35)51-43(46)29-32)49(37-21-13-24-42-45(37)34-18-7-10-22-40(34)50-42)38-27-26-33(31-16-5-2-6-17-31)48-47(38)36-20-9-12-25-44(36)52-48/h1-29H. The van der Waals surface area contributed by atoms with Crippen molar-refractivity contribution in [1.82, 2.24) is 0 Å². The zero-order valence-electron chi connectivity index (χ0n) is 27.9. The second kappa shape index (κ2) is 11.5. The number of nitrogens with zero attached hydrogens (tertiary/aromatic N) is 1. The van der Waals surface area contributed by atoms with Crippen molar-refractivity contribution in [2.45, 2.75) is 0 Å². The molecule has 0 amide bonds. The van der Waals surface area contributed by atoms with Gasteiger partial charge in [-0.15, -0.1) is 11.3 Å². The van der Waals surface area contributed by atoms with E-state index in [-0.39, 0.29) is 0 Å². The van der Waals surface area contributed by atoms with Gasteiger partial charge in [0.15, 0.2) is 0 Å². The lowest BCUT2D eigenvalue weighted by Crippen LogP contribution is -2.11. The van der Waals surface area contributed by atoms with Crippen molar-refractivity contribution in [3.05, 3.63) is 176 Å². The Morgan fingerprint density at radius 1 is 0.365 bits per heavy atom. The van der Waals surface area contributed by atoms with Crippen molar-refractivity contribution >= 4 is 92.4 Å². The molecule has 4 heteroatoms. The molecule has 3 aromatic heterocycles. The van der Waals surface area contributed by atoms with Gasteiger partial charge in [0.25, 0.3) is 0 Å². The molecule has 0 aliphatic carbocycles. The van der Waals surface area contributed by atoms with E-state index in [1.807, 2.05) is 23.5 Å². The van der Waals surface area contributed by atoms with E-state index < -0.39 is 0 Å². The molecule has 0 N–H and O–H groups in total. The summed E-state index contributed by atoms with van der Waals surface area (Å²) in [7, 11) is 0.